The molecule has 1 N–H and O–H groups in total. The van der Waals surface area contributed by atoms with Gasteiger partial charge in [0.1, 0.15) is 5.76 Å². The lowest BCUT2D eigenvalue weighted by molar-refractivity contribution is 0.166. The number of thiocarbonyl (C=S) groups is 1. The van der Waals surface area contributed by atoms with Gasteiger partial charge in [-0.25, -0.2) is 0 Å². The second kappa shape index (κ2) is 9.02. The summed E-state index contributed by atoms with van der Waals surface area (Å²) in [6.07, 6.45) is 1.73. The average molecular weight is 424 g/mol. The molecular weight excluding hydrogens is 394 g/mol. The maximum absolute atomic E-state index is 5.73. The third-order valence-corrected chi connectivity index (χ3v) is 6.17. The summed E-state index contributed by atoms with van der Waals surface area (Å²) in [5.41, 5.74) is 5.66. The second-order valence-electron chi connectivity index (χ2n) is 7.90. The molecular formula is C23H29N5OS. The van der Waals surface area contributed by atoms with E-state index in [0.29, 0.717) is 0 Å². The van der Waals surface area contributed by atoms with Gasteiger partial charge in [0, 0.05) is 26.2 Å². The number of nitrogens with one attached hydrogen (secondary N) is 1. The van der Waals surface area contributed by atoms with E-state index in [1.54, 1.807) is 6.26 Å². The lowest BCUT2D eigenvalue weighted by Gasteiger charge is -2.35. The molecule has 4 rings (SSSR count). The van der Waals surface area contributed by atoms with Gasteiger partial charge < -0.3 is 14.6 Å². The molecule has 0 amide bonds. The van der Waals surface area contributed by atoms with Crippen LogP contribution in [-0.2, 0) is 13.1 Å². The molecule has 0 atom stereocenters. The summed E-state index contributed by atoms with van der Waals surface area (Å²) in [4.78, 5) is 4.64. The molecule has 0 bridgehead atoms. The van der Waals surface area contributed by atoms with Crippen molar-refractivity contribution < 1.29 is 4.42 Å². The predicted octanol–water partition coefficient (Wildman–Crippen LogP) is 3.96. The van der Waals surface area contributed by atoms with Gasteiger partial charge in [-0.3, -0.25) is 9.58 Å². The van der Waals surface area contributed by atoms with Crippen LogP contribution >= 0.6 is 12.2 Å². The molecule has 158 valence electrons. The van der Waals surface area contributed by atoms with Crippen LogP contribution in [0.2, 0.25) is 0 Å². The molecule has 1 saturated heterocycles. The Balaban J connectivity index is 1.37. The monoisotopic (exact) mass is 423 g/mol. The van der Waals surface area contributed by atoms with Crippen LogP contribution in [0.5, 0.6) is 0 Å². The van der Waals surface area contributed by atoms with Crippen molar-refractivity contribution in [2.45, 2.75) is 33.9 Å². The van der Waals surface area contributed by atoms with Crippen molar-refractivity contribution >= 4 is 23.0 Å². The number of furan rings is 1. The summed E-state index contributed by atoms with van der Waals surface area (Å²) in [7, 11) is 0. The summed E-state index contributed by atoms with van der Waals surface area (Å²) in [5.74, 6) is 1.01. The van der Waals surface area contributed by atoms with Gasteiger partial charge in [0.2, 0.25) is 0 Å². The zero-order chi connectivity index (χ0) is 21.1. The van der Waals surface area contributed by atoms with Crippen LogP contribution in [-0.4, -0.2) is 50.9 Å². The van der Waals surface area contributed by atoms with Crippen molar-refractivity contribution in [2.24, 2.45) is 0 Å². The molecule has 0 radical (unpaired) electrons. The molecule has 1 aromatic carbocycles. The maximum atomic E-state index is 5.73. The number of rotatable bonds is 5. The van der Waals surface area contributed by atoms with Gasteiger partial charge in [-0.15, -0.1) is 0 Å². The Kier molecular flexibility index (Phi) is 6.20. The number of piperazine rings is 1. The third-order valence-electron chi connectivity index (χ3n) is 5.81. The molecule has 30 heavy (non-hydrogen) atoms. The first kappa shape index (κ1) is 20.6. The normalized spacial score (nSPS) is 14.8. The summed E-state index contributed by atoms with van der Waals surface area (Å²) in [6.45, 7) is 11.6. The minimum atomic E-state index is 0.763. The van der Waals surface area contributed by atoms with E-state index < -0.39 is 0 Å². The van der Waals surface area contributed by atoms with Crippen LogP contribution in [0.4, 0.5) is 5.69 Å². The van der Waals surface area contributed by atoms with E-state index in [-0.39, 0.29) is 0 Å². The molecule has 0 spiro atoms. The number of benzene rings is 1. The van der Waals surface area contributed by atoms with Gasteiger partial charge in [-0.2, -0.15) is 5.10 Å². The Hall–Kier alpha value is -2.64. The zero-order valence-corrected chi connectivity index (χ0v) is 18.7. The van der Waals surface area contributed by atoms with Gasteiger partial charge in [0.05, 0.1) is 36.4 Å². The van der Waals surface area contributed by atoms with Crippen molar-refractivity contribution in [3.63, 3.8) is 0 Å². The van der Waals surface area contributed by atoms with Gasteiger partial charge in [0.25, 0.3) is 0 Å². The molecule has 1 fully saturated rings. The van der Waals surface area contributed by atoms with Crippen LogP contribution in [0.1, 0.15) is 28.3 Å². The van der Waals surface area contributed by atoms with E-state index in [9.17, 15) is 0 Å². The standard InChI is InChI=1S/C23H29N5OS/c1-17-7-4-5-8-20(17)15-28-19(3)22(18(2)25-28)24-23(30)27-12-10-26(11-13-27)16-21-9-6-14-29-21/h4-9,14H,10-13,15-16H2,1-3H3,(H,24,30). The number of hydrogen-bond acceptors (Lipinski definition) is 4. The zero-order valence-electron chi connectivity index (χ0n) is 17.9. The largest absolute Gasteiger partial charge is 0.468 e. The minimum absolute atomic E-state index is 0.763. The van der Waals surface area contributed by atoms with E-state index in [2.05, 4.69) is 57.9 Å². The first-order valence-electron chi connectivity index (χ1n) is 10.4. The van der Waals surface area contributed by atoms with Crippen LogP contribution in [0.15, 0.2) is 47.1 Å². The van der Waals surface area contributed by atoms with Gasteiger partial charge in [-0.1, -0.05) is 24.3 Å². The molecule has 0 unspecified atom stereocenters. The van der Waals surface area contributed by atoms with Crippen molar-refractivity contribution in [2.75, 3.05) is 31.5 Å². The fourth-order valence-corrected chi connectivity index (χ4v) is 4.18. The Morgan fingerprint density at radius 3 is 2.50 bits per heavy atom. The quantitative estimate of drug-likeness (QED) is 0.627. The highest BCUT2D eigenvalue weighted by Gasteiger charge is 2.21. The molecule has 2 aromatic heterocycles. The van der Waals surface area contributed by atoms with Crippen LogP contribution in [0, 0.1) is 20.8 Å². The number of hydrogen-bond donors (Lipinski definition) is 1. The molecule has 0 saturated carbocycles. The van der Waals surface area contributed by atoms with Crippen LogP contribution in [0.25, 0.3) is 0 Å². The topological polar surface area (TPSA) is 49.5 Å². The van der Waals surface area contributed by atoms with E-state index in [1.807, 2.05) is 19.1 Å². The number of nitrogens with zero attached hydrogens (tertiary/aromatic N) is 4. The summed E-state index contributed by atoms with van der Waals surface area (Å²) < 4.78 is 7.52. The number of aryl methyl sites for hydroxylation is 2. The first-order chi connectivity index (χ1) is 14.5. The number of anilines is 1. The Bertz CT molecular complexity index is 1000. The summed E-state index contributed by atoms with van der Waals surface area (Å²) >= 11 is 5.73. The lowest BCUT2D eigenvalue weighted by Crippen LogP contribution is -2.49. The van der Waals surface area contributed by atoms with E-state index in [1.165, 1.54) is 11.1 Å². The van der Waals surface area contributed by atoms with E-state index in [0.717, 1.165) is 67.2 Å². The van der Waals surface area contributed by atoms with E-state index in [4.69, 9.17) is 21.7 Å². The van der Waals surface area contributed by atoms with Crippen molar-refractivity contribution in [3.8, 4) is 0 Å². The highest BCUT2D eigenvalue weighted by Crippen LogP contribution is 2.22. The molecule has 7 heteroatoms. The average Bonchev–Trinajstić information content (AvgIpc) is 3.34. The van der Waals surface area contributed by atoms with Crippen LogP contribution in [0.3, 0.4) is 0 Å². The smallest absolute Gasteiger partial charge is 0.173 e. The van der Waals surface area contributed by atoms with Crippen LogP contribution < -0.4 is 5.32 Å². The maximum Gasteiger partial charge on any atom is 0.173 e. The highest BCUT2D eigenvalue weighted by molar-refractivity contribution is 7.80. The highest BCUT2D eigenvalue weighted by atomic mass is 32.1. The SMILES string of the molecule is Cc1ccccc1Cn1nc(C)c(NC(=S)N2CCN(Cc3ccco3)CC2)c1C. The molecule has 1 aliphatic heterocycles. The Labute approximate surface area is 183 Å². The van der Waals surface area contributed by atoms with Crippen molar-refractivity contribution in [1.29, 1.82) is 0 Å². The van der Waals surface area contributed by atoms with E-state index >= 15 is 0 Å². The van der Waals surface area contributed by atoms with Crippen molar-refractivity contribution in [1.82, 2.24) is 19.6 Å². The molecule has 6 nitrogen and oxygen atoms in total. The molecule has 3 heterocycles. The summed E-state index contributed by atoms with van der Waals surface area (Å²) in [5, 5.41) is 8.99. The molecule has 0 aliphatic carbocycles. The first-order valence-corrected chi connectivity index (χ1v) is 10.8. The minimum Gasteiger partial charge on any atom is -0.468 e. The summed E-state index contributed by atoms with van der Waals surface area (Å²) in [6, 6.07) is 12.4. The molecule has 3 aromatic rings. The van der Waals surface area contributed by atoms with Gasteiger partial charge >= 0.3 is 0 Å². The lowest BCUT2D eigenvalue weighted by atomic mass is 10.1. The van der Waals surface area contributed by atoms with Gasteiger partial charge in [-0.05, 0) is 56.2 Å². The number of aromatic nitrogens is 2. The second-order valence-corrected chi connectivity index (χ2v) is 8.29. The fraction of sp³-hybridized carbons (Fsp3) is 0.391. The van der Waals surface area contributed by atoms with Gasteiger partial charge in [0.15, 0.2) is 5.11 Å². The molecule has 1 aliphatic rings. The van der Waals surface area contributed by atoms with Crippen molar-refractivity contribution in [3.05, 3.63) is 70.9 Å². The Morgan fingerprint density at radius 2 is 1.80 bits per heavy atom. The Morgan fingerprint density at radius 1 is 1.03 bits per heavy atom. The predicted molar refractivity (Wildman–Crippen MR) is 124 cm³/mol. The third kappa shape index (κ3) is 4.57. The fourth-order valence-electron chi connectivity index (χ4n) is 3.90.